The van der Waals surface area contributed by atoms with Gasteiger partial charge in [-0.2, -0.15) is 0 Å². The Morgan fingerprint density at radius 1 is 1.20 bits per heavy atom. The van der Waals surface area contributed by atoms with E-state index in [1.54, 1.807) is 0 Å². The van der Waals surface area contributed by atoms with Crippen molar-refractivity contribution in [3.05, 3.63) is 63.6 Å². The smallest absolute Gasteiger partial charge is 0.131 e. The summed E-state index contributed by atoms with van der Waals surface area (Å²) >= 11 is 3.38. The average molecular weight is 342 g/mol. The molecule has 0 saturated heterocycles. The van der Waals surface area contributed by atoms with Crippen LogP contribution in [0.15, 0.2) is 40.9 Å². The van der Waals surface area contributed by atoms with Gasteiger partial charge >= 0.3 is 0 Å². The summed E-state index contributed by atoms with van der Waals surface area (Å²) in [6.07, 6.45) is -1.05. The molecule has 2 aromatic rings. The number of anilines is 1. The maximum atomic E-state index is 13.5. The van der Waals surface area contributed by atoms with Crippen molar-refractivity contribution in [3.8, 4) is 0 Å². The van der Waals surface area contributed by atoms with E-state index in [9.17, 15) is 13.9 Å². The number of aliphatic hydroxyl groups excluding tert-OH is 1. The van der Waals surface area contributed by atoms with Crippen LogP contribution in [0, 0.1) is 18.6 Å². The lowest BCUT2D eigenvalue weighted by molar-refractivity contribution is 0.186. The fourth-order valence-corrected chi connectivity index (χ4v) is 2.54. The van der Waals surface area contributed by atoms with E-state index in [0.29, 0.717) is 0 Å². The Morgan fingerprint density at radius 2 is 1.95 bits per heavy atom. The van der Waals surface area contributed by atoms with Crippen LogP contribution in [0.2, 0.25) is 0 Å². The summed E-state index contributed by atoms with van der Waals surface area (Å²) in [5.41, 5.74) is 1.95. The van der Waals surface area contributed by atoms with Crippen molar-refractivity contribution >= 4 is 21.6 Å². The molecule has 0 aliphatic carbocycles. The molecule has 0 fully saturated rings. The van der Waals surface area contributed by atoms with Crippen LogP contribution in [0.5, 0.6) is 0 Å². The first-order chi connectivity index (χ1) is 9.45. The molecule has 2 aromatic carbocycles. The van der Waals surface area contributed by atoms with Gasteiger partial charge in [0.1, 0.15) is 11.6 Å². The lowest BCUT2D eigenvalue weighted by atomic mass is 10.1. The Hall–Kier alpha value is -1.46. The van der Waals surface area contributed by atoms with Gasteiger partial charge in [-0.3, -0.25) is 0 Å². The quantitative estimate of drug-likeness (QED) is 0.874. The van der Waals surface area contributed by atoms with E-state index in [2.05, 4.69) is 21.2 Å². The molecule has 0 aromatic heterocycles. The maximum Gasteiger partial charge on any atom is 0.131 e. The largest absolute Gasteiger partial charge is 0.386 e. The first kappa shape index (κ1) is 14.9. The summed E-state index contributed by atoms with van der Waals surface area (Å²) in [6, 6.07) is 8.89. The molecule has 2 rings (SSSR count). The zero-order valence-electron chi connectivity index (χ0n) is 10.8. The third-order valence-corrected chi connectivity index (χ3v) is 3.32. The van der Waals surface area contributed by atoms with Crippen LogP contribution in [-0.4, -0.2) is 11.7 Å². The standard InChI is InChI=1S/C15H14BrF2NO/c1-9-4-10(16)6-12(5-9)19-8-15(20)13-3-2-11(17)7-14(13)18/h2-7,15,19-20H,8H2,1H3. The highest BCUT2D eigenvalue weighted by Gasteiger charge is 2.13. The molecule has 0 heterocycles. The van der Waals surface area contributed by atoms with E-state index in [1.165, 1.54) is 6.07 Å². The number of benzene rings is 2. The molecular weight excluding hydrogens is 328 g/mol. The average Bonchev–Trinajstić information content (AvgIpc) is 2.35. The first-order valence-electron chi connectivity index (χ1n) is 6.10. The van der Waals surface area contributed by atoms with Crippen LogP contribution in [0.1, 0.15) is 17.2 Å². The number of hydrogen-bond donors (Lipinski definition) is 2. The van der Waals surface area contributed by atoms with Crippen LogP contribution < -0.4 is 5.32 Å². The lowest BCUT2D eigenvalue weighted by Crippen LogP contribution is -2.13. The monoisotopic (exact) mass is 341 g/mol. The molecular formula is C15H14BrF2NO. The minimum absolute atomic E-state index is 0.0746. The minimum atomic E-state index is -1.05. The number of aliphatic hydroxyl groups is 1. The summed E-state index contributed by atoms with van der Waals surface area (Å²) < 4.78 is 27.2. The van der Waals surface area contributed by atoms with E-state index < -0.39 is 17.7 Å². The molecule has 0 bridgehead atoms. The van der Waals surface area contributed by atoms with Crippen LogP contribution in [0.4, 0.5) is 14.5 Å². The van der Waals surface area contributed by atoms with E-state index in [4.69, 9.17) is 0 Å². The highest BCUT2D eigenvalue weighted by molar-refractivity contribution is 9.10. The predicted octanol–water partition coefficient (Wildman–Crippen LogP) is 4.18. The molecule has 0 radical (unpaired) electrons. The number of halogens is 3. The number of nitrogens with one attached hydrogen (secondary N) is 1. The minimum Gasteiger partial charge on any atom is -0.386 e. The molecule has 0 spiro atoms. The first-order valence-corrected chi connectivity index (χ1v) is 6.89. The second kappa shape index (κ2) is 6.33. The molecule has 0 saturated carbocycles. The Labute approximate surface area is 124 Å². The highest BCUT2D eigenvalue weighted by Crippen LogP contribution is 2.22. The Bertz CT molecular complexity index is 599. The van der Waals surface area contributed by atoms with Gasteiger partial charge in [0.2, 0.25) is 0 Å². The third kappa shape index (κ3) is 3.77. The highest BCUT2D eigenvalue weighted by atomic mass is 79.9. The summed E-state index contributed by atoms with van der Waals surface area (Å²) in [5.74, 6) is -1.40. The van der Waals surface area contributed by atoms with Crippen molar-refractivity contribution < 1.29 is 13.9 Å². The van der Waals surface area contributed by atoms with E-state index in [1.807, 2.05) is 25.1 Å². The maximum absolute atomic E-state index is 13.5. The topological polar surface area (TPSA) is 32.3 Å². The Morgan fingerprint density at radius 3 is 2.60 bits per heavy atom. The van der Waals surface area contributed by atoms with Gasteiger partial charge in [-0.1, -0.05) is 22.0 Å². The summed E-state index contributed by atoms with van der Waals surface area (Å²) in [5, 5.41) is 13.0. The second-order valence-corrected chi connectivity index (χ2v) is 5.50. The van der Waals surface area contributed by atoms with Gasteiger partial charge in [-0.15, -0.1) is 0 Å². The van der Waals surface area contributed by atoms with Gasteiger partial charge in [0, 0.05) is 28.3 Å². The molecule has 0 aliphatic heterocycles. The van der Waals surface area contributed by atoms with Gasteiger partial charge in [-0.25, -0.2) is 8.78 Å². The van der Waals surface area contributed by atoms with Crippen LogP contribution in [0.3, 0.4) is 0 Å². The lowest BCUT2D eigenvalue weighted by Gasteiger charge is -2.14. The fourth-order valence-electron chi connectivity index (χ4n) is 1.93. The van der Waals surface area contributed by atoms with Crippen molar-refractivity contribution in [2.24, 2.45) is 0 Å². The Kier molecular flexibility index (Phi) is 4.73. The van der Waals surface area contributed by atoms with Crippen LogP contribution >= 0.6 is 15.9 Å². The third-order valence-electron chi connectivity index (χ3n) is 2.86. The fraction of sp³-hybridized carbons (Fsp3) is 0.200. The van der Waals surface area contributed by atoms with Gasteiger partial charge in [0.25, 0.3) is 0 Å². The zero-order chi connectivity index (χ0) is 14.7. The van der Waals surface area contributed by atoms with Crippen LogP contribution in [0.25, 0.3) is 0 Å². The second-order valence-electron chi connectivity index (χ2n) is 4.58. The van der Waals surface area contributed by atoms with Gasteiger partial charge in [-0.05, 0) is 36.8 Å². The van der Waals surface area contributed by atoms with Gasteiger partial charge in [0.15, 0.2) is 0 Å². The van der Waals surface area contributed by atoms with Gasteiger partial charge < -0.3 is 10.4 Å². The molecule has 5 heteroatoms. The molecule has 0 amide bonds. The summed E-state index contributed by atoms with van der Waals surface area (Å²) in [4.78, 5) is 0. The molecule has 1 atom stereocenters. The number of rotatable bonds is 4. The molecule has 2 nitrogen and oxygen atoms in total. The zero-order valence-corrected chi connectivity index (χ0v) is 12.4. The van der Waals surface area contributed by atoms with Crippen LogP contribution in [-0.2, 0) is 0 Å². The summed E-state index contributed by atoms with van der Waals surface area (Å²) in [7, 11) is 0. The normalized spacial score (nSPS) is 12.2. The SMILES string of the molecule is Cc1cc(Br)cc(NCC(O)c2ccc(F)cc2F)c1. The van der Waals surface area contributed by atoms with E-state index in [-0.39, 0.29) is 12.1 Å². The molecule has 2 N–H and O–H groups in total. The number of aryl methyl sites for hydroxylation is 1. The molecule has 0 aliphatic rings. The molecule has 1 unspecified atom stereocenters. The van der Waals surface area contributed by atoms with Crippen molar-refractivity contribution in [2.45, 2.75) is 13.0 Å². The van der Waals surface area contributed by atoms with Crippen molar-refractivity contribution in [2.75, 3.05) is 11.9 Å². The predicted molar refractivity (Wildman–Crippen MR) is 78.7 cm³/mol. The van der Waals surface area contributed by atoms with Crippen molar-refractivity contribution in [3.63, 3.8) is 0 Å². The van der Waals surface area contributed by atoms with E-state index >= 15 is 0 Å². The number of hydrogen-bond acceptors (Lipinski definition) is 2. The van der Waals surface area contributed by atoms with Crippen molar-refractivity contribution in [1.29, 1.82) is 0 Å². The van der Waals surface area contributed by atoms with Crippen molar-refractivity contribution in [1.82, 2.24) is 0 Å². The van der Waals surface area contributed by atoms with Gasteiger partial charge in [0.05, 0.1) is 6.10 Å². The molecule has 106 valence electrons. The summed E-state index contributed by atoms with van der Waals surface area (Å²) in [6.45, 7) is 2.09. The Balaban J connectivity index is 2.06. The van der Waals surface area contributed by atoms with E-state index in [0.717, 1.165) is 27.9 Å². The molecule has 20 heavy (non-hydrogen) atoms.